The Labute approximate surface area is 172 Å². The van der Waals surface area contributed by atoms with Crippen LogP contribution < -0.4 is 14.8 Å². The number of thiophene rings is 1. The van der Waals surface area contributed by atoms with E-state index in [0.29, 0.717) is 23.4 Å². The molecule has 0 aliphatic rings. The minimum atomic E-state index is -3.74. The van der Waals surface area contributed by atoms with Crippen molar-refractivity contribution in [2.24, 2.45) is 0 Å². The van der Waals surface area contributed by atoms with Crippen molar-refractivity contribution in [2.45, 2.75) is 10.8 Å². The Morgan fingerprint density at radius 2 is 1.62 bits per heavy atom. The first-order valence-electron chi connectivity index (χ1n) is 8.75. The second-order valence-corrected chi connectivity index (χ2v) is 9.01. The van der Waals surface area contributed by atoms with Gasteiger partial charge in [-0.2, -0.15) is 0 Å². The van der Waals surface area contributed by atoms with E-state index in [1.807, 2.05) is 42.5 Å². The van der Waals surface area contributed by atoms with Crippen LogP contribution in [0.1, 0.15) is 5.56 Å². The molecule has 29 heavy (non-hydrogen) atoms. The van der Waals surface area contributed by atoms with Crippen molar-refractivity contribution < 1.29 is 13.2 Å². The molecule has 0 aliphatic heterocycles. The van der Waals surface area contributed by atoms with Crippen molar-refractivity contribution in [3.05, 3.63) is 71.6 Å². The van der Waals surface area contributed by atoms with Gasteiger partial charge in [-0.05, 0) is 41.3 Å². The Morgan fingerprint density at radius 3 is 2.24 bits per heavy atom. The van der Waals surface area contributed by atoms with Crippen LogP contribution in [0.4, 0.5) is 11.6 Å². The van der Waals surface area contributed by atoms with Crippen LogP contribution in [-0.2, 0) is 16.6 Å². The van der Waals surface area contributed by atoms with Gasteiger partial charge in [-0.15, -0.1) is 11.3 Å². The number of nitrogens with one attached hydrogen (secondary N) is 2. The average molecular weight is 427 g/mol. The van der Waals surface area contributed by atoms with Gasteiger partial charge >= 0.3 is 0 Å². The standard InChI is InChI=1S/C20H18N4O3S2/c1-27-15-10-8-14(9-11-15)13-21-19-20(23-17-6-3-2-5-16(17)22-19)24-29(25,26)18-7-4-12-28-18/h2-12H,13H2,1H3,(H,21,22)(H,23,24). The summed E-state index contributed by atoms with van der Waals surface area (Å²) >= 11 is 1.14. The zero-order valence-electron chi connectivity index (χ0n) is 15.5. The van der Waals surface area contributed by atoms with Crippen LogP contribution >= 0.6 is 11.3 Å². The fourth-order valence-corrected chi connectivity index (χ4v) is 4.72. The molecule has 0 aliphatic carbocycles. The zero-order valence-corrected chi connectivity index (χ0v) is 17.1. The van der Waals surface area contributed by atoms with E-state index in [4.69, 9.17) is 4.74 Å². The second-order valence-electron chi connectivity index (χ2n) is 6.15. The van der Waals surface area contributed by atoms with Gasteiger partial charge in [0.2, 0.25) is 0 Å². The predicted octanol–water partition coefficient (Wildman–Crippen LogP) is 4.11. The maximum absolute atomic E-state index is 12.7. The molecule has 0 saturated carbocycles. The molecule has 0 amide bonds. The van der Waals surface area contributed by atoms with Crippen LogP contribution in [0.15, 0.2) is 70.3 Å². The third-order valence-electron chi connectivity index (χ3n) is 4.18. The van der Waals surface area contributed by atoms with Crippen LogP contribution in [0.25, 0.3) is 11.0 Å². The molecule has 0 atom stereocenters. The molecule has 0 bridgehead atoms. The molecule has 0 radical (unpaired) electrons. The van der Waals surface area contributed by atoms with E-state index in [-0.39, 0.29) is 10.0 Å². The van der Waals surface area contributed by atoms with Crippen molar-refractivity contribution >= 4 is 44.0 Å². The number of nitrogens with zero attached hydrogens (tertiary/aromatic N) is 2. The number of anilines is 2. The van der Waals surface area contributed by atoms with Crippen molar-refractivity contribution in [2.75, 3.05) is 17.1 Å². The van der Waals surface area contributed by atoms with Gasteiger partial charge in [0.05, 0.1) is 18.1 Å². The van der Waals surface area contributed by atoms with E-state index in [9.17, 15) is 8.42 Å². The molecule has 9 heteroatoms. The maximum atomic E-state index is 12.7. The van der Waals surface area contributed by atoms with Gasteiger partial charge in [-0.25, -0.2) is 18.4 Å². The Balaban J connectivity index is 1.66. The highest BCUT2D eigenvalue weighted by Crippen LogP contribution is 2.26. The summed E-state index contributed by atoms with van der Waals surface area (Å²) in [5, 5.41) is 4.90. The number of ether oxygens (including phenoxy) is 1. The van der Waals surface area contributed by atoms with E-state index < -0.39 is 10.0 Å². The number of methoxy groups -OCH3 is 1. The number of sulfonamides is 1. The lowest BCUT2D eigenvalue weighted by molar-refractivity contribution is 0.414. The molecule has 0 spiro atoms. The van der Waals surface area contributed by atoms with Crippen LogP contribution in [0, 0.1) is 0 Å². The SMILES string of the molecule is COc1ccc(CNc2nc3ccccc3nc2NS(=O)(=O)c2cccs2)cc1. The first-order chi connectivity index (χ1) is 14.0. The van der Waals surface area contributed by atoms with Crippen LogP contribution in [-0.4, -0.2) is 25.5 Å². The van der Waals surface area contributed by atoms with Crippen molar-refractivity contribution in [3.63, 3.8) is 0 Å². The van der Waals surface area contributed by atoms with Gasteiger partial charge in [0, 0.05) is 6.54 Å². The van der Waals surface area contributed by atoms with E-state index in [0.717, 1.165) is 22.6 Å². The van der Waals surface area contributed by atoms with Gasteiger partial charge in [-0.1, -0.05) is 30.3 Å². The van der Waals surface area contributed by atoms with Crippen molar-refractivity contribution in [1.82, 2.24) is 9.97 Å². The fourth-order valence-electron chi connectivity index (χ4n) is 2.72. The Bertz CT molecular complexity index is 1220. The Hall–Kier alpha value is -3.17. The summed E-state index contributed by atoms with van der Waals surface area (Å²) in [6.45, 7) is 0.449. The lowest BCUT2D eigenvalue weighted by Gasteiger charge is -2.13. The molecule has 2 heterocycles. The monoisotopic (exact) mass is 426 g/mol. The predicted molar refractivity (Wildman–Crippen MR) is 115 cm³/mol. The van der Waals surface area contributed by atoms with Gasteiger partial charge in [-0.3, -0.25) is 4.72 Å². The smallest absolute Gasteiger partial charge is 0.272 e. The zero-order chi connectivity index (χ0) is 20.3. The maximum Gasteiger partial charge on any atom is 0.272 e. The number of hydrogen-bond acceptors (Lipinski definition) is 7. The highest BCUT2D eigenvalue weighted by molar-refractivity contribution is 7.94. The summed E-state index contributed by atoms with van der Waals surface area (Å²) in [5.41, 5.74) is 2.27. The molecule has 4 aromatic rings. The van der Waals surface area contributed by atoms with E-state index in [1.54, 1.807) is 30.7 Å². The lowest BCUT2D eigenvalue weighted by atomic mass is 10.2. The van der Waals surface area contributed by atoms with Gasteiger partial charge in [0.25, 0.3) is 10.0 Å². The number of para-hydroxylation sites is 2. The third-order valence-corrected chi connectivity index (χ3v) is 6.92. The first kappa shape index (κ1) is 19.2. The molecule has 0 fully saturated rings. The molecule has 7 nitrogen and oxygen atoms in total. The molecule has 2 aromatic carbocycles. The van der Waals surface area contributed by atoms with Crippen LogP contribution in [0.2, 0.25) is 0 Å². The van der Waals surface area contributed by atoms with E-state index in [1.165, 1.54) is 0 Å². The summed E-state index contributed by atoms with van der Waals surface area (Å²) in [5.74, 6) is 1.29. The van der Waals surface area contributed by atoms with Crippen molar-refractivity contribution in [1.29, 1.82) is 0 Å². The number of benzene rings is 2. The molecule has 2 N–H and O–H groups in total. The van der Waals surface area contributed by atoms with Crippen LogP contribution in [0.3, 0.4) is 0 Å². The highest BCUT2D eigenvalue weighted by atomic mass is 32.2. The summed E-state index contributed by atoms with van der Waals surface area (Å²) in [4.78, 5) is 9.05. The van der Waals surface area contributed by atoms with E-state index >= 15 is 0 Å². The van der Waals surface area contributed by atoms with Crippen LogP contribution in [0.5, 0.6) is 5.75 Å². The summed E-state index contributed by atoms with van der Waals surface area (Å²) in [6.07, 6.45) is 0. The minimum absolute atomic E-state index is 0.158. The Morgan fingerprint density at radius 1 is 0.931 bits per heavy atom. The van der Waals surface area contributed by atoms with Gasteiger partial charge in [0.15, 0.2) is 11.6 Å². The average Bonchev–Trinajstić information content (AvgIpc) is 3.28. The molecule has 4 rings (SSSR count). The Kier molecular flexibility index (Phi) is 5.32. The summed E-state index contributed by atoms with van der Waals surface area (Å²) < 4.78 is 33.3. The third kappa shape index (κ3) is 4.30. The normalized spacial score (nSPS) is 11.3. The quantitative estimate of drug-likeness (QED) is 0.462. The number of fused-ring (bicyclic) bond motifs is 1. The van der Waals surface area contributed by atoms with Crippen molar-refractivity contribution in [3.8, 4) is 5.75 Å². The molecule has 0 unspecified atom stereocenters. The number of aromatic nitrogens is 2. The van der Waals surface area contributed by atoms with Gasteiger partial charge in [0.1, 0.15) is 9.96 Å². The lowest BCUT2D eigenvalue weighted by Crippen LogP contribution is -2.15. The molecule has 2 aromatic heterocycles. The van der Waals surface area contributed by atoms with Gasteiger partial charge < -0.3 is 10.1 Å². The molecule has 0 saturated heterocycles. The molecular formula is C20H18N4O3S2. The van der Waals surface area contributed by atoms with E-state index in [2.05, 4.69) is 20.0 Å². The second kappa shape index (κ2) is 8.06. The summed E-state index contributed by atoms with van der Waals surface area (Å²) in [6, 6.07) is 18.1. The number of hydrogen-bond donors (Lipinski definition) is 2. The first-order valence-corrected chi connectivity index (χ1v) is 11.1. The molecule has 148 valence electrons. The molecular weight excluding hydrogens is 408 g/mol. The largest absolute Gasteiger partial charge is 0.497 e. The fraction of sp³-hybridized carbons (Fsp3) is 0.100. The summed E-state index contributed by atoms with van der Waals surface area (Å²) in [7, 11) is -2.13. The number of rotatable bonds is 7. The highest BCUT2D eigenvalue weighted by Gasteiger charge is 2.19. The topological polar surface area (TPSA) is 93.2 Å². The minimum Gasteiger partial charge on any atom is -0.497 e.